The Morgan fingerprint density at radius 1 is 1.40 bits per heavy atom. The van der Waals surface area contributed by atoms with E-state index in [4.69, 9.17) is 0 Å². The van der Waals surface area contributed by atoms with Gasteiger partial charge < -0.3 is 5.32 Å². The fraction of sp³-hybridized carbons (Fsp3) is 0.333. The highest BCUT2D eigenvalue weighted by molar-refractivity contribution is 5.21. The summed E-state index contributed by atoms with van der Waals surface area (Å²) in [5, 5.41) is 3.21. The van der Waals surface area contributed by atoms with Crippen molar-refractivity contribution in [2.24, 2.45) is 0 Å². The van der Waals surface area contributed by atoms with Gasteiger partial charge in [-0.15, -0.1) is 0 Å². The molecule has 1 aromatic carbocycles. The van der Waals surface area contributed by atoms with Crippen LogP contribution in [0.3, 0.4) is 0 Å². The highest BCUT2D eigenvalue weighted by Gasteiger charge is 2.15. The zero-order chi connectivity index (χ0) is 14.5. The fourth-order valence-electron chi connectivity index (χ4n) is 2.17. The molecule has 2 aromatic rings. The first-order valence-corrected chi connectivity index (χ1v) is 6.62. The number of hydrogen-bond donors (Lipinski definition) is 1. The van der Waals surface area contributed by atoms with Gasteiger partial charge in [0.05, 0.1) is 6.04 Å². The van der Waals surface area contributed by atoms with Gasteiger partial charge in [-0.25, -0.2) is 14.2 Å². The van der Waals surface area contributed by atoms with Gasteiger partial charge in [0.1, 0.15) is 5.82 Å². The lowest BCUT2D eigenvalue weighted by Gasteiger charge is -2.20. The quantitative estimate of drug-likeness (QED) is 0.908. The molecule has 0 saturated carbocycles. The van der Waals surface area contributed by atoms with E-state index < -0.39 is 0 Å². The van der Waals surface area contributed by atoms with Crippen LogP contribution in [0, 0.1) is 12.7 Å². The molecule has 1 aromatic heterocycles. The summed E-state index contributed by atoms with van der Waals surface area (Å²) in [6.45, 7) is 4.86. The molecule has 0 bridgehead atoms. The lowest BCUT2D eigenvalue weighted by molar-refractivity contribution is 0.443. The van der Waals surface area contributed by atoms with E-state index in [2.05, 4.69) is 10.3 Å². The molecule has 0 saturated heterocycles. The Morgan fingerprint density at radius 3 is 2.85 bits per heavy atom. The number of likely N-dealkylation sites (N-methyl/N-ethyl adjacent to an activating group) is 1. The summed E-state index contributed by atoms with van der Waals surface area (Å²) in [7, 11) is 0. The van der Waals surface area contributed by atoms with Crippen LogP contribution < -0.4 is 11.0 Å². The molecule has 5 heteroatoms. The van der Waals surface area contributed by atoms with E-state index in [0.717, 1.165) is 5.56 Å². The third-order valence-electron chi connectivity index (χ3n) is 3.09. The summed E-state index contributed by atoms with van der Waals surface area (Å²) in [6.07, 6.45) is 3.27. The Balaban J connectivity index is 2.33. The number of nitrogens with zero attached hydrogens (tertiary/aromatic N) is 2. The molecule has 0 amide bonds. The number of benzene rings is 1. The van der Waals surface area contributed by atoms with E-state index in [0.29, 0.717) is 18.7 Å². The molecule has 0 aliphatic carbocycles. The molecule has 1 heterocycles. The first-order valence-electron chi connectivity index (χ1n) is 6.62. The van der Waals surface area contributed by atoms with Gasteiger partial charge in [0.25, 0.3) is 0 Å². The third-order valence-corrected chi connectivity index (χ3v) is 3.09. The smallest absolute Gasteiger partial charge is 0.309 e. The molecular formula is C15H18FN3O. The van der Waals surface area contributed by atoms with Crippen LogP contribution in [-0.2, 0) is 6.54 Å². The molecule has 1 unspecified atom stereocenters. The average Bonchev–Trinajstić information content (AvgIpc) is 2.43. The van der Waals surface area contributed by atoms with Gasteiger partial charge >= 0.3 is 5.69 Å². The van der Waals surface area contributed by atoms with Crippen LogP contribution in [0.2, 0.25) is 0 Å². The minimum absolute atomic E-state index is 0.262. The van der Waals surface area contributed by atoms with Gasteiger partial charge in [-0.2, -0.15) is 0 Å². The first kappa shape index (κ1) is 14.4. The Labute approximate surface area is 117 Å². The maximum Gasteiger partial charge on any atom is 0.347 e. The van der Waals surface area contributed by atoms with Crippen LogP contribution in [0.5, 0.6) is 0 Å². The summed E-state index contributed by atoms with van der Waals surface area (Å²) >= 11 is 0. The third kappa shape index (κ3) is 3.30. The first-order chi connectivity index (χ1) is 9.61. The van der Waals surface area contributed by atoms with Crippen LogP contribution in [-0.4, -0.2) is 16.1 Å². The standard InChI is InChI=1S/C15H18FN3O/c1-3-17-14(12-6-4-5-7-13(12)16)10-19-9-11(2)8-18-15(19)20/h4-9,14,17H,3,10H2,1-2H3. The van der Waals surface area contributed by atoms with Crippen molar-refractivity contribution in [1.82, 2.24) is 14.9 Å². The molecule has 0 aliphatic heterocycles. The second-order valence-corrected chi connectivity index (χ2v) is 4.70. The molecule has 4 nitrogen and oxygen atoms in total. The van der Waals surface area contributed by atoms with Gasteiger partial charge in [0, 0.05) is 24.5 Å². The van der Waals surface area contributed by atoms with Crippen molar-refractivity contribution >= 4 is 0 Å². The normalized spacial score (nSPS) is 12.3. The van der Waals surface area contributed by atoms with Crippen LogP contribution in [0.4, 0.5) is 4.39 Å². The van der Waals surface area contributed by atoms with E-state index in [-0.39, 0.29) is 17.5 Å². The molecule has 1 atom stereocenters. The zero-order valence-electron chi connectivity index (χ0n) is 11.6. The highest BCUT2D eigenvalue weighted by Crippen LogP contribution is 2.18. The predicted molar refractivity (Wildman–Crippen MR) is 76.1 cm³/mol. The van der Waals surface area contributed by atoms with Crippen molar-refractivity contribution in [3.63, 3.8) is 0 Å². The minimum Gasteiger partial charge on any atom is -0.309 e. The second kappa shape index (κ2) is 6.43. The van der Waals surface area contributed by atoms with Crippen LogP contribution >= 0.6 is 0 Å². The van der Waals surface area contributed by atoms with E-state index in [1.807, 2.05) is 13.8 Å². The van der Waals surface area contributed by atoms with Crippen molar-refractivity contribution < 1.29 is 4.39 Å². The molecule has 0 spiro atoms. The number of hydrogen-bond acceptors (Lipinski definition) is 3. The zero-order valence-corrected chi connectivity index (χ0v) is 11.6. The molecule has 0 fully saturated rings. The summed E-state index contributed by atoms with van der Waals surface area (Å²) < 4.78 is 15.4. The van der Waals surface area contributed by atoms with Gasteiger partial charge in [-0.1, -0.05) is 25.1 Å². The predicted octanol–water partition coefficient (Wildman–Crippen LogP) is 2.04. The molecule has 2 rings (SSSR count). The molecule has 0 radical (unpaired) electrons. The van der Waals surface area contributed by atoms with Gasteiger partial charge in [0.15, 0.2) is 0 Å². The Kier molecular flexibility index (Phi) is 4.63. The minimum atomic E-state index is -0.324. The summed E-state index contributed by atoms with van der Waals surface area (Å²) in [5.41, 5.74) is 1.13. The fourth-order valence-corrected chi connectivity index (χ4v) is 2.17. The number of rotatable bonds is 5. The van der Waals surface area contributed by atoms with Gasteiger partial charge in [-0.05, 0) is 25.1 Å². The maximum absolute atomic E-state index is 13.9. The molecule has 106 valence electrons. The van der Waals surface area contributed by atoms with Gasteiger partial charge in [-0.3, -0.25) is 4.57 Å². The summed E-state index contributed by atoms with van der Waals surface area (Å²) in [5.74, 6) is -0.271. The molecule has 0 aliphatic rings. The van der Waals surface area contributed by atoms with Gasteiger partial charge in [0.2, 0.25) is 0 Å². The Bertz CT molecular complexity index is 639. The largest absolute Gasteiger partial charge is 0.347 e. The summed E-state index contributed by atoms with van der Waals surface area (Å²) in [6, 6.07) is 6.35. The molecule has 1 N–H and O–H groups in total. The number of aryl methyl sites for hydroxylation is 1. The SMILES string of the molecule is CCNC(Cn1cc(C)cnc1=O)c1ccccc1F. The molecule has 20 heavy (non-hydrogen) atoms. The average molecular weight is 275 g/mol. The van der Waals surface area contributed by atoms with Crippen molar-refractivity contribution in [3.05, 3.63) is 64.1 Å². The van der Waals surface area contributed by atoms with Crippen LogP contribution in [0.15, 0.2) is 41.5 Å². The highest BCUT2D eigenvalue weighted by atomic mass is 19.1. The van der Waals surface area contributed by atoms with E-state index in [9.17, 15) is 9.18 Å². The lowest BCUT2D eigenvalue weighted by atomic mass is 10.1. The number of aromatic nitrogens is 2. The van der Waals surface area contributed by atoms with Crippen LogP contribution in [0.1, 0.15) is 24.1 Å². The van der Waals surface area contributed by atoms with E-state index >= 15 is 0 Å². The molecular weight excluding hydrogens is 257 g/mol. The van der Waals surface area contributed by atoms with Crippen molar-refractivity contribution in [2.45, 2.75) is 26.4 Å². The number of nitrogens with one attached hydrogen (secondary N) is 1. The summed E-state index contributed by atoms with van der Waals surface area (Å²) in [4.78, 5) is 15.6. The Hall–Kier alpha value is -2.01. The topological polar surface area (TPSA) is 46.9 Å². The van der Waals surface area contributed by atoms with Crippen molar-refractivity contribution in [1.29, 1.82) is 0 Å². The van der Waals surface area contributed by atoms with Crippen LogP contribution in [0.25, 0.3) is 0 Å². The second-order valence-electron chi connectivity index (χ2n) is 4.70. The number of halogens is 1. The van der Waals surface area contributed by atoms with E-state index in [1.54, 1.807) is 24.4 Å². The monoisotopic (exact) mass is 275 g/mol. The van der Waals surface area contributed by atoms with Crippen molar-refractivity contribution in [2.75, 3.05) is 6.54 Å². The Morgan fingerprint density at radius 2 is 2.15 bits per heavy atom. The maximum atomic E-state index is 13.9. The van der Waals surface area contributed by atoms with E-state index in [1.165, 1.54) is 16.8 Å². The van der Waals surface area contributed by atoms with Crippen molar-refractivity contribution in [3.8, 4) is 0 Å². The lowest BCUT2D eigenvalue weighted by Crippen LogP contribution is -2.32.